The molecule has 0 aliphatic heterocycles. The Balaban J connectivity index is 0.00000560. The van der Waals surface area contributed by atoms with Crippen molar-refractivity contribution in [1.82, 2.24) is 0 Å². The number of benzene rings is 2. The molecule has 0 amide bonds. The van der Waals surface area contributed by atoms with E-state index < -0.39 is 21.1 Å². The third-order valence-corrected chi connectivity index (χ3v) is 8.05. The van der Waals surface area contributed by atoms with Gasteiger partial charge in [0.1, 0.15) is 33.5 Å². The number of hydrogen-bond donors (Lipinski definition) is 1. The Labute approximate surface area is 265 Å². The molecular formula is C31H37NaO6S2. The molecule has 1 unspecified atom stereocenters. The second-order valence-electron chi connectivity index (χ2n) is 9.27. The third-order valence-electron chi connectivity index (χ3n) is 6.22. The summed E-state index contributed by atoms with van der Waals surface area (Å²) in [4.78, 5) is 0.133. The van der Waals surface area contributed by atoms with Gasteiger partial charge in [-0.15, -0.1) is 17.3 Å². The summed E-state index contributed by atoms with van der Waals surface area (Å²) in [7, 11) is -4.84. The molecule has 40 heavy (non-hydrogen) atoms. The maximum absolute atomic E-state index is 12.1. The van der Waals surface area contributed by atoms with Crippen molar-refractivity contribution in [3.05, 3.63) is 58.8 Å². The summed E-state index contributed by atoms with van der Waals surface area (Å²) >= 11 is 1.34. The van der Waals surface area contributed by atoms with Crippen LogP contribution in [-0.4, -0.2) is 24.7 Å². The number of hydrogen-bond acceptors (Lipinski definition) is 7. The van der Waals surface area contributed by atoms with Crippen molar-refractivity contribution in [2.24, 2.45) is 0 Å². The first kappa shape index (κ1) is 34.4. The van der Waals surface area contributed by atoms with Crippen LogP contribution < -0.4 is 39.0 Å². The van der Waals surface area contributed by atoms with Crippen LogP contribution in [0.5, 0.6) is 17.2 Å². The summed E-state index contributed by atoms with van der Waals surface area (Å²) in [5.41, 5.74) is 1.12. The molecule has 0 aliphatic rings. The molecular weight excluding hydrogens is 555 g/mol. The molecule has 6 nitrogen and oxygen atoms in total. The Morgan fingerprint density at radius 1 is 0.925 bits per heavy atom. The van der Waals surface area contributed by atoms with Crippen molar-refractivity contribution in [2.45, 2.75) is 82.6 Å². The zero-order valence-electron chi connectivity index (χ0n) is 23.6. The van der Waals surface area contributed by atoms with Gasteiger partial charge in [-0.05, 0) is 72.3 Å². The predicted molar refractivity (Wildman–Crippen MR) is 155 cm³/mol. The van der Waals surface area contributed by atoms with Gasteiger partial charge < -0.3 is 19.1 Å². The van der Waals surface area contributed by atoms with Crippen LogP contribution in [0.15, 0.2) is 58.8 Å². The van der Waals surface area contributed by atoms with Crippen LogP contribution >= 0.6 is 11.3 Å². The topological polar surface area (TPSA) is 95.9 Å². The van der Waals surface area contributed by atoms with Crippen molar-refractivity contribution < 1.29 is 57.1 Å². The van der Waals surface area contributed by atoms with Gasteiger partial charge in [-0.25, -0.2) is 8.42 Å². The van der Waals surface area contributed by atoms with E-state index in [1.54, 1.807) is 36.4 Å². The van der Waals surface area contributed by atoms with E-state index in [4.69, 9.17) is 9.47 Å². The normalized spacial score (nSPS) is 11.7. The number of ether oxygens (including phenoxy) is 2. The van der Waals surface area contributed by atoms with Crippen LogP contribution in [0.1, 0.15) is 82.6 Å². The summed E-state index contributed by atoms with van der Waals surface area (Å²) in [6.07, 6.45) is 9.52. The average Bonchev–Trinajstić information content (AvgIpc) is 3.41. The van der Waals surface area contributed by atoms with Gasteiger partial charge in [-0.2, -0.15) is 0 Å². The maximum Gasteiger partial charge on any atom is 1.00 e. The summed E-state index contributed by atoms with van der Waals surface area (Å²) < 4.78 is 47.5. The molecule has 210 valence electrons. The molecule has 9 heteroatoms. The van der Waals surface area contributed by atoms with Crippen LogP contribution in [-0.2, 0) is 10.1 Å². The van der Waals surface area contributed by atoms with Gasteiger partial charge in [0, 0.05) is 6.42 Å². The number of unbranched alkanes of at least 4 members (excludes halogenated alkanes) is 8. The smallest absolute Gasteiger partial charge is 0.744 e. The summed E-state index contributed by atoms with van der Waals surface area (Å²) in [6, 6.07) is 12.9. The summed E-state index contributed by atoms with van der Waals surface area (Å²) in [6.45, 7) is 4.61. The first-order chi connectivity index (χ1) is 18.8. The molecule has 3 rings (SSSR count). The Hall–Kier alpha value is -1.83. The molecule has 1 aromatic heterocycles. The predicted octanol–water partition coefficient (Wildman–Crippen LogP) is 5.08. The number of rotatable bonds is 15. The number of aliphatic hydroxyl groups is 1. The largest absolute Gasteiger partial charge is 1.00 e. The van der Waals surface area contributed by atoms with Gasteiger partial charge in [-0.3, -0.25) is 0 Å². The van der Waals surface area contributed by atoms with Gasteiger partial charge in [0.05, 0.1) is 16.4 Å². The van der Waals surface area contributed by atoms with Crippen LogP contribution in [0, 0.1) is 11.8 Å². The molecule has 0 radical (unpaired) electrons. The minimum atomic E-state index is -4.84. The van der Waals surface area contributed by atoms with E-state index in [1.165, 1.54) is 62.0 Å². The molecule has 3 aromatic rings. The molecule has 2 aromatic carbocycles. The van der Waals surface area contributed by atoms with Gasteiger partial charge >= 0.3 is 29.6 Å². The second kappa shape index (κ2) is 17.9. The molecule has 1 N–H and O–H groups in total. The van der Waals surface area contributed by atoms with Crippen molar-refractivity contribution in [1.29, 1.82) is 0 Å². The Kier molecular flexibility index (Phi) is 15.4. The van der Waals surface area contributed by atoms with E-state index in [1.807, 2.05) is 12.3 Å². The molecule has 0 saturated carbocycles. The Morgan fingerprint density at radius 2 is 1.57 bits per heavy atom. The van der Waals surface area contributed by atoms with Gasteiger partial charge in [0.15, 0.2) is 0 Å². The van der Waals surface area contributed by atoms with E-state index in [-0.39, 0.29) is 35.3 Å². The summed E-state index contributed by atoms with van der Waals surface area (Å²) in [5.74, 6) is 6.95. The monoisotopic (exact) mass is 592 g/mol. The third kappa shape index (κ3) is 10.9. The molecule has 0 aliphatic carbocycles. The second-order valence-corrected chi connectivity index (χ2v) is 11.6. The van der Waals surface area contributed by atoms with E-state index in [0.717, 1.165) is 19.3 Å². The zero-order chi connectivity index (χ0) is 28.1. The zero-order valence-corrected chi connectivity index (χ0v) is 27.3. The molecule has 1 atom stereocenters. The minimum Gasteiger partial charge on any atom is -0.744 e. The molecule has 0 saturated heterocycles. The minimum absolute atomic E-state index is 0. The number of thiophene rings is 1. The van der Waals surface area contributed by atoms with E-state index in [2.05, 4.69) is 18.8 Å². The fraction of sp³-hybridized carbons (Fsp3) is 0.419. The SMILES string of the molecule is CCCCCCCCCCC#CC(O)c1sccc1-c1ccc(Oc2ccc(OCC)cc2)c(S(=O)(=O)[O-])c1.[Na+]. The first-order valence-electron chi connectivity index (χ1n) is 13.6. The van der Waals surface area contributed by atoms with Crippen molar-refractivity contribution in [3.63, 3.8) is 0 Å². The van der Waals surface area contributed by atoms with Gasteiger partial charge in [0.2, 0.25) is 0 Å². The molecule has 0 spiro atoms. The molecule has 0 bridgehead atoms. The van der Waals surface area contributed by atoms with Gasteiger partial charge in [-0.1, -0.05) is 63.9 Å². The summed E-state index contributed by atoms with van der Waals surface area (Å²) in [5, 5.41) is 12.5. The van der Waals surface area contributed by atoms with Gasteiger partial charge in [0.25, 0.3) is 0 Å². The quantitative estimate of drug-likeness (QED) is 0.114. The van der Waals surface area contributed by atoms with Crippen LogP contribution in [0.3, 0.4) is 0 Å². The fourth-order valence-electron chi connectivity index (χ4n) is 4.21. The maximum atomic E-state index is 12.1. The first-order valence-corrected chi connectivity index (χ1v) is 15.9. The van der Waals surface area contributed by atoms with Crippen molar-refractivity contribution in [2.75, 3.05) is 6.61 Å². The molecule has 0 fully saturated rings. The fourth-order valence-corrected chi connectivity index (χ4v) is 5.68. The van der Waals surface area contributed by atoms with Crippen LogP contribution in [0.4, 0.5) is 0 Å². The molecule has 1 heterocycles. The Morgan fingerprint density at radius 3 is 2.23 bits per heavy atom. The standard InChI is InChI=1S/C31H38O6S2.Na/c1-3-5-6-7-8-9-10-11-12-13-14-28(32)31-27(21-22-38-31)24-15-20-29(30(23-24)39(33,34)35)37-26-18-16-25(17-19-26)36-4-2;/h15-23,28,32H,3-12H2,1-2H3,(H,33,34,35);/q;+1/p-1. The van der Waals surface area contributed by atoms with Crippen LogP contribution in [0.2, 0.25) is 0 Å². The van der Waals surface area contributed by atoms with E-state index >= 15 is 0 Å². The Bertz CT molecular complexity index is 1340. The number of aliphatic hydroxyl groups excluding tert-OH is 1. The average molecular weight is 593 g/mol. The van der Waals surface area contributed by atoms with Crippen molar-refractivity contribution >= 4 is 21.5 Å². The van der Waals surface area contributed by atoms with E-state index in [9.17, 15) is 18.1 Å². The van der Waals surface area contributed by atoms with E-state index in [0.29, 0.717) is 34.1 Å². The van der Waals surface area contributed by atoms with Crippen LogP contribution in [0.25, 0.3) is 11.1 Å². The van der Waals surface area contributed by atoms with Crippen molar-refractivity contribution in [3.8, 4) is 40.2 Å².